The zero-order chi connectivity index (χ0) is 26.8. The average molecular weight is 535 g/mol. The van der Waals surface area contributed by atoms with E-state index in [9.17, 15) is 23.6 Å². The number of benzene rings is 2. The van der Waals surface area contributed by atoms with E-state index in [0.29, 0.717) is 11.3 Å². The first-order valence-corrected chi connectivity index (χ1v) is 13.3. The van der Waals surface area contributed by atoms with Crippen molar-refractivity contribution in [3.05, 3.63) is 71.0 Å². The number of rotatable bonds is 6. The Bertz CT molecular complexity index is 1450. The number of hydrogen-bond donors (Lipinski definition) is 1. The molecule has 0 spiro atoms. The highest BCUT2D eigenvalue weighted by molar-refractivity contribution is 8.18. The second-order valence-electron chi connectivity index (χ2n) is 9.48. The summed E-state index contributed by atoms with van der Waals surface area (Å²) in [5, 5.41) is 2.86. The van der Waals surface area contributed by atoms with Gasteiger partial charge in [-0.1, -0.05) is 18.2 Å². The van der Waals surface area contributed by atoms with Crippen LogP contribution in [0.3, 0.4) is 0 Å². The van der Waals surface area contributed by atoms with Crippen molar-refractivity contribution in [3.8, 4) is 0 Å². The van der Waals surface area contributed by atoms with Gasteiger partial charge in [0.15, 0.2) is 0 Å². The number of carbonyl (C=O) groups is 4. The number of imide groups is 1. The van der Waals surface area contributed by atoms with E-state index in [1.807, 2.05) is 39.9 Å². The number of nitrogens with zero attached hydrogens (tertiary/aromatic N) is 3. The molecule has 1 aromatic heterocycles. The van der Waals surface area contributed by atoms with Gasteiger partial charge in [0.05, 0.1) is 4.91 Å². The van der Waals surface area contributed by atoms with Crippen molar-refractivity contribution in [2.45, 2.75) is 38.8 Å². The minimum Gasteiger partial charge on any atom is -0.338 e. The number of carbonyl (C=O) groups excluding carboxylic acids is 4. The number of likely N-dealkylation sites (tertiary alicyclic amines) is 1. The third-order valence-corrected chi connectivity index (χ3v) is 7.75. The van der Waals surface area contributed by atoms with Gasteiger partial charge in [-0.2, -0.15) is 0 Å². The second-order valence-corrected chi connectivity index (χ2v) is 10.5. The lowest BCUT2D eigenvalue weighted by Crippen LogP contribution is -2.43. The van der Waals surface area contributed by atoms with Crippen molar-refractivity contribution < 1.29 is 23.6 Å². The number of halogens is 1. The number of thioether (sulfide) groups is 1. The first kappa shape index (κ1) is 25.7. The summed E-state index contributed by atoms with van der Waals surface area (Å²) in [4.78, 5) is 54.1. The van der Waals surface area contributed by atoms with Crippen molar-refractivity contribution in [2.24, 2.45) is 0 Å². The van der Waals surface area contributed by atoms with Gasteiger partial charge >= 0.3 is 0 Å². The zero-order valence-electron chi connectivity index (χ0n) is 20.9. The molecule has 1 atom stereocenters. The third kappa shape index (κ3) is 5.35. The van der Waals surface area contributed by atoms with Crippen LogP contribution >= 0.6 is 11.8 Å². The lowest BCUT2D eigenvalue weighted by Gasteiger charge is -2.33. The number of anilines is 1. The Labute approximate surface area is 223 Å². The van der Waals surface area contributed by atoms with Crippen LogP contribution in [0, 0.1) is 5.82 Å². The number of piperidine rings is 1. The molecular formula is C28H27FN4O4S. The first-order chi connectivity index (χ1) is 18.3. The van der Waals surface area contributed by atoms with Crippen LogP contribution in [0.4, 0.5) is 14.9 Å². The van der Waals surface area contributed by atoms with Gasteiger partial charge in [-0.25, -0.2) is 4.39 Å². The maximum absolute atomic E-state index is 13.1. The van der Waals surface area contributed by atoms with Crippen LogP contribution in [0.15, 0.2) is 59.6 Å². The number of para-hydroxylation sites is 1. The molecule has 10 heteroatoms. The Balaban J connectivity index is 1.34. The Kier molecular flexibility index (Phi) is 7.33. The molecule has 0 saturated carbocycles. The van der Waals surface area contributed by atoms with E-state index in [1.54, 1.807) is 6.08 Å². The molecule has 4 amide bonds. The average Bonchev–Trinajstić information content (AvgIpc) is 3.37. The standard InChI is InChI=1S/C28H27FN4O4S/c1-18-6-4-5-13-32(18)26(35)17-31-15-19(22-7-2-3-8-23(22)31)14-24-27(36)33(28(37)38-24)16-25(34)30-21-11-9-20(29)10-12-21/h2-3,7-12,14-15,18H,4-6,13,16-17H2,1H3,(H,30,34)/b24-14-/t18-/m0/s1. The van der Waals surface area contributed by atoms with Crippen LogP contribution in [0.5, 0.6) is 0 Å². The largest absolute Gasteiger partial charge is 0.338 e. The van der Waals surface area contributed by atoms with Gasteiger partial charge < -0.3 is 14.8 Å². The van der Waals surface area contributed by atoms with E-state index in [1.165, 1.54) is 24.3 Å². The molecule has 196 valence electrons. The Morgan fingerprint density at radius 1 is 1.08 bits per heavy atom. The van der Waals surface area contributed by atoms with Gasteiger partial charge in [0, 0.05) is 40.9 Å². The first-order valence-electron chi connectivity index (χ1n) is 12.5. The van der Waals surface area contributed by atoms with Crippen LogP contribution < -0.4 is 5.32 Å². The fourth-order valence-electron chi connectivity index (χ4n) is 4.88. The Morgan fingerprint density at radius 2 is 1.84 bits per heavy atom. The SMILES string of the molecule is C[C@H]1CCCCN1C(=O)Cn1cc(/C=C2\SC(=O)N(CC(=O)Nc3ccc(F)cc3)C2=O)c2ccccc21. The van der Waals surface area contributed by atoms with Crippen LogP contribution in [-0.2, 0) is 20.9 Å². The molecule has 0 bridgehead atoms. The molecule has 38 heavy (non-hydrogen) atoms. The van der Waals surface area contributed by atoms with E-state index >= 15 is 0 Å². The van der Waals surface area contributed by atoms with E-state index < -0.39 is 29.4 Å². The van der Waals surface area contributed by atoms with Crippen LogP contribution in [-0.4, -0.2) is 56.5 Å². The molecule has 0 aliphatic carbocycles. The van der Waals surface area contributed by atoms with Crippen molar-refractivity contribution in [2.75, 3.05) is 18.4 Å². The summed E-state index contributed by atoms with van der Waals surface area (Å²) >= 11 is 0.766. The van der Waals surface area contributed by atoms with Gasteiger partial charge in [-0.05, 0) is 74.4 Å². The Morgan fingerprint density at radius 3 is 2.61 bits per heavy atom. The predicted molar refractivity (Wildman–Crippen MR) is 145 cm³/mol. The smallest absolute Gasteiger partial charge is 0.294 e. The minimum absolute atomic E-state index is 0.0528. The highest BCUT2D eigenvalue weighted by Crippen LogP contribution is 2.34. The van der Waals surface area contributed by atoms with E-state index in [2.05, 4.69) is 12.2 Å². The molecule has 2 fully saturated rings. The van der Waals surface area contributed by atoms with Crippen molar-refractivity contribution in [1.29, 1.82) is 0 Å². The summed E-state index contributed by atoms with van der Waals surface area (Å²) < 4.78 is 15.0. The molecule has 3 aromatic rings. The number of aromatic nitrogens is 1. The molecule has 0 radical (unpaired) electrons. The van der Waals surface area contributed by atoms with Gasteiger partial charge in [0.1, 0.15) is 18.9 Å². The molecule has 3 heterocycles. The summed E-state index contributed by atoms with van der Waals surface area (Å²) in [5.41, 5.74) is 1.93. The van der Waals surface area contributed by atoms with Crippen molar-refractivity contribution in [3.63, 3.8) is 0 Å². The lowest BCUT2D eigenvalue weighted by molar-refractivity contribution is -0.135. The normalized spacial score (nSPS) is 19.0. The van der Waals surface area contributed by atoms with Gasteiger partial charge in [0.2, 0.25) is 11.8 Å². The second kappa shape index (κ2) is 10.8. The van der Waals surface area contributed by atoms with Crippen LogP contribution in [0.25, 0.3) is 17.0 Å². The lowest BCUT2D eigenvalue weighted by atomic mass is 10.0. The van der Waals surface area contributed by atoms with Crippen molar-refractivity contribution in [1.82, 2.24) is 14.4 Å². The molecular weight excluding hydrogens is 507 g/mol. The number of amides is 4. The summed E-state index contributed by atoms with van der Waals surface area (Å²) in [6.45, 7) is 2.56. The fourth-order valence-corrected chi connectivity index (χ4v) is 5.71. The van der Waals surface area contributed by atoms with Gasteiger partial charge in [0.25, 0.3) is 11.1 Å². The zero-order valence-corrected chi connectivity index (χ0v) is 21.7. The van der Waals surface area contributed by atoms with E-state index in [0.717, 1.165) is 53.4 Å². The predicted octanol–water partition coefficient (Wildman–Crippen LogP) is 4.86. The molecule has 8 nitrogen and oxygen atoms in total. The number of fused-ring (bicyclic) bond motifs is 1. The molecule has 2 aliphatic rings. The summed E-state index contributed by atoms with van der Waals surface area (Å²) in [6.07, 6.45) is 6.60. The maximum Gasteiger partial charge on any atom is 0.294 e. The topological polar surface area (TPSA) is 91.7 Å². The van der Waals surface area contributed by atoms with Crippen molar-refractivity contribution >= 4 is 57.4 Å². The molecule has 2 aromatic carbocycles. The number of nitrogens with one attached hydrogen (secondary N) is 1. The molecule has 5 rings (SSSR count). The summed E-state index contributed by atoms with van der Waals surface area (Å²) in [7, 11) is 0. The van der Waals surface area contributed by atoms with E-state index in [-0.39, 0.29) is 23.4 Å². The fraction of sp³-hybridized carbons (Fsp3) is 0.286. The van der Waals surface area contributed by atoms with E-state index in [4.69, 9.17) is 0 Å². The van der Waals surface area contributed by atoms with Crippen LogP contribution in [0.1, 0.15) is 31.7 Å². The highest BCUT2D eigenvalue weighted by atomic mass is 32.2. The number of hydrogen-bond acceptors (Lipinski definition) is 5. The maximum atomic E-state index is 13.1. The van der Waals surface area contributed by atoms with Gasteiger partial charge in [-0.15, -0.1) is 0 Å². The third-order valence-electron chi connectivity index (χ3n) is 6.84. The molecule has 2 saturated heterocycles. The minimum atomic E-state index is -0.567. The summed E-state index contributed by atoms with van der Waals surface area (Å²) in [6, 6.07) is 13.0. The quantitative estimate of drug-likeness (QED) is 0.456. The van der Waals surface area contributed by atoms with Crippen LogP contribution in [0.2, 0.25) is 0 Å². The molecule has 2 aliphatic heterocycles. The molecule has 1 N–H and O–H groups in total. The summed E-state index contributed by atoms with van der Waals surface area (Å²) in [5.74, 6) is -1.52. The molecule has 0 unspecified atom stereocenters. The monoisotopic (exact) mass is 534 g/mol. The highest BCUT2D eigenvalue weighted by Gasteiger charge is 2.36. The van der Waals surface area contributed by atoms with Gasteiger partial charge in [-0.3, -0.25) is 24.1 Å². The Hall–Kier alpha value is -3.92.